The highest BCUT2D eigenvalue weighted by atomic mass is 16.5. The van der Waals surface area contributed by atoms with Crippen molar-refractivity contribution in [3.63, 3.8) is 0 Å². The molecule has 0 spiro atoms. The summed E-state index contributed by atoms with van der Waals surface area (Å²) in [6.07, 6.45) is 0.466. The van der Waals surface area contributed by atoms with Gasteiger partial charge in [-0.25, -0.2) is 0 Å². The van der Waals surface area contributed by atoms with Crippen molar-refractivity contribution >= 4 is 5.91 Å². The highest BCUT2D eigenvalue weighted by molar-refractivity contribution is 5.76. The minimum absolute atomic E-state index is 0.0663. The van der Waals surface area contributed by atoms with Gasteiger partial charge in [0.05, 0.1) is 26.4 Å². The van der Waals surface area contributed by atoms with Gasteiger partial charge in [-0.3, -0.25) is 9.69 Å². The zero-order chi connectivity index (χ0) is 16.6. The van der Waals surface area contributed by atoms with E-state index in [9.17, 15) is 4.79 Å². The number of morpholine rings is 2. The second kappa shape index (κ2) is 9.13. The summed E-state index contributed by atoms with van der Waals surface area (Å²) in [4.78, 5) is 14.5. The van der Waals surface area contributed by atoms with Crippen LogP contribution in [0, 0.1) is 0 Å². The van der Waals surface area contributed by atoms with Crippen LogP contribution in [-0.2, 0) is 27.4 Å². The molecular formula is C18H27N3O3. The number of benzene rings is 1. The average molecular weight is 333 g/mol. The molecule has 0 aliphatic carbocycles. The summed E-state index contributed by atoms with van der Waals surface area (Å²) in [6, 6.07) is 8.58. The quantitative estimate of drug-likeness (QED) is 0.794. The Labute approximate surface area is 143 Å². The van der Waals surface area contributed by atoms with Gasteiger partial charge in [0.25, 0.3) is 0 Å². The lowest BCUT2D eigenvalue weighted by Crippen LogP contribution is -2.44. The lowest BCUT2D eigenvalue weighted by atomic mass is 10.1. The predicted octanol–water partition coefficient (Wildman–Crippen LogP) is 0.514. The number of hydrogen-bond acceptors (Lipinski definition) is 5. The van der Waals surface area contributed by atoms with Gasteiger partial charge < -0.3 is 20.1 Å². The molecule has 2 aliphatic rings. The van der Waals surface area contributed by atoms with E-state index in [0.717, 1.165) is 51.6 Å². The minimum Gasteiger partial charge on any atom is -0.379 e. The van der Waals surface area contributed by atoms with Crippen LogP contribution in [-0.4, -0.2) is 62.9 Å². The predicted molar refractivity (Wildman–Crippen MR) is 91.6 cm³/mol. The van der Waals surface area contributed by atoms with Crippen LogP contribution in [0.15, 0.2) is 24.3 Å². The van der Waals surface area contributed by atoms with Gasteiger partial charge in [0.1, 0.15) is 0 Å². The van der Waals surface area contributed by atoms with Gasteiger partial charge in [0.2, 0.25) is 5.91 Å². The number of amides is 1. The lowest BCUT2D eigenvalue weighted by Gasteiger charge is -2.26. The SMILES string of the molecule is O=C(CC1COCCN1)NCc1cccc(CN2CCOCC2)c1. The third-order valence-electron chi connectivity index (χ3n) is 4.42. The normalized spacial score (nSPS) is 22.2. The Bertz CT molecular complexity index is 526. The number of carbonyl (C=O) groups excluding carboxylic acids is 1. The van der Waals surface area contributed by atoms with Crippen LogP contribution in [0.5, 0.6) is 0 Å². The molecule has 0 saturated carbocycles. The lowest BCUT2D eigenvalue weighted by molar-refractivity contribution is -0.122. The van der Waals surface area contributed by atoms with Gasteiger partial charge in [-0.05, 0) is 11.1 Å². The molecule has 1 amide bonds. The largest absolute Gasteiger partial charge is 0.379 e. The molecule has 6 heteroatoms. The van der Waals surface area contributed by atoms with Crippen molar-refractivity contribution in [3.05, 3.63) is 35.4 Å². The van der Waals surface area contributed by atoms with Crippen molar-refractivity contribution in [2.24, 2.45) is 0 Å². The second-order valence-electron chi connectivity index (χ2n) is 6.42. The summed E-state index contributed by atoms with van der Waals surface area (Å²) >= 11 is 0. The first kappa shape index (κ1) is 17.4. The van der Waals surface area contributed by atoms with Gasteiger partial charge in [-0.2, -0.15) is 0 Å². The highest BCUT2D eigenvalue weighted by Gasteiger charge is 2.16. The van der Waals surface area contributed by atoms with Crippen LogP contribution in [0.25, 0.3) is 0 Å². The summed E-state index contributed by atoms with van der Waals surface area (Å²) in [5.41, 5.74) is 2.42. The molecular weight excluding hydrogens is 306 g/mol. The van der Waals surface area contributed by atoms with Gasteiger partial charge in [0, 0.05) is 45.2 Å². The summed E-state index contributed by atoms with van der Waals surface area (Å²) in [7, 11) is 0. The Hall–Kier alpha value is -1.47. The van der Waals surface area contributed by atoms with E-state index >= 15 is 0 Å². The van der Waals surface area contributed by atoms with E-state index in [-0.39, 0.29) is 11.9 Å². The molecule has 3 rings (SSSR count). The molecule has 132 valence electrons. The van der Waals surface area contributed by atoms with E-state index in [1.54, 1.807) is 0 Å². The summed E-state index contributed by atoms with van der Waals surface area (Å²) in [5, 5.41) is 6.31. The Balaban J connectivity index is 1.44. The van der Waals surface area contributed by atoms with Crippen LogP contribution < -0.4 is 10.6 Å². The number of nitrogens with zero attached hydrogens (tertiary/aromatic N) is 1. The Morgan fingerprint density at radius 3 is 2.83 bits per heavy atom. The molecule has 2 saturated heterocycles. The van der Waals surface area contributed by atoms with Crippen molar-refractivity contribution in [1.29, 1.82) is 0 Å². The average Bonchev–Trinajstić information content (AvgIpc) is 2.62. The number of hydrogen-bond donors (Lipinski definition) is 2. The molecule has 1 aromatic carbocycles. The molecule has 2 fully saturated rings. The van der Waals surface area contributed by atoms with Crippen molar-refractivity contribution < 1.29 is 14.3 Å². The molecule has 2 aliphatic heterocycles. The van der Waals surface area contributed by atoms with E-state index in [2.05, 4.69) is 39.8 Å². The Kier molecular flexibility index (Phi) is 6.60. The molecule has 6 nitrogen and oxygen atoms in total. The van der Waals surface area contributed by atoms with E-state index in [1.807, 2.05) is 0 Å². The zero-order valence-electron chi connectivity index (χ0n) is 14.1. The van der Waals surface area contributed by atoms with Crippen molar-refractivity contribution in [2.45, 2.75) is 25.6 Å². The van der Waals surface area contributed by atoms with Gasteiger partial charge >= 0.3 is 0 Å². The highest BCUT2D eigenvalue weighted by Crippen LogP contribution is 2.10. The summed E-state index contributed by atoms with van der Waals surface area (Å²) in [5.74, 6) is 0.0663. The number of ether oxygens (including phenoxy) is 2. The molecule has 1 atom stereocenters. The Morgan fingerprint density at radius 1 is 1.21 bits per heavy atom. The van der Waals surface area contributed by atoms with Gasteiger partial charge in [0.15, 0.2) is 0 Å². The fraction of sp³-hybridized carbons (Fsp3) is 0.611. The third-order valence-corrected chi connectivity index (χ3v) is 4.42. The van der Waals surface area contributed by atoms with E-state index in [4.69, 9.17) is 9.47 Å². The van der Waals surface area contributed by atoms with E-state index < -0.39 is 0 Å². The minimum atomic E-state index is 0.0663. The van der Waals surface area contributed by atoms with Gasteiger partial charge in [-0.15, -0.1) is 0 Å². The Morgan fingerprint density at radius 2 is 2.04 bits per heavy atom. The molecule has 2 heterocycles. The number of carbonyl (C=O) groups is 1. The maximum absolute atomic E-state index is 12.1. The standard InChI is InChI=1S/C18H27N3O3/c22-18(11-17-14-24-7-4-19-17)20-12-15-2-1-3-16(10-15)13-21-5-8-23-9-6-21/h1-3,10,17,19H,4-9,11-14H2,(H,20,22). The van der Waals surface area contributed by atoms with E-state index in [0.29, 0.717) is 19.6 Å². The topological polar surface area (TPSA) is 62.8 Å². The molecule has 2 N–H and O–H groups in total. The van der Waals surface area contributed by atoms with Crippen LogP contribution in [0.1, 0.15) is 17.5 Å². The summed E-state index contributed by atoms with van der Waals surface area (Å²) in [6.45, 7) is 7.27. The molecule has 0 radical (unpaired) electrons. The fourth-order valence-electron chi connectivity index (χ4n) is 3.10. The van der Waals surface area contributed by atoms with Crippen LogP contribution >= 0.6 is 0 Å². The first-order valence-corrected chi connectivity index (χ1v) is 8.75. The second-order valence-corrected chi connectivity index (χ2v) is 6.42. The maximum atomic E-state index is 12.1. The smallest absolute Gasteiger partial charge is 0.221 e. The fourth-order valence-corrected chi connectivity index (χ4v) is 3.10. The van der Waals surface area contributed by atoms with Gasteiger partial charge in [-0.1, -0.05) is 24.3 Å². The molecule has 1 unspecified atom stereocenters. The first-order chi connectivity index (χ1) is 11.8. The molecule has 1 aromatic rings. The molecule has 24 heavy (non-hydrogen) atoms. The molecule has 0 bridgehead atoms. The summed E-state index contributed by atoms with van der Waals surface area (Å²) < 4.78 is 10.8. The number of rotatable bonds is 6. The van der Waals surface area contributed by atoms with Crippen molar-refractivity contribution in [1.82, 2.24) is 15.5 Å². The monoisotopic (exact) mass is 333 g/mol. The van der Waals surface area contributed by atoms with Crippen LogP contribution in [0.3, 0.4) is 0 Å². The zero-order valence-corrected chi connectivity index (χ0v) is 14.1. The first-order valence-electron chi connectivity index (χ1n) is 8.75. The third kappa shape index (κ3) is 5.56. The molecule has 0 aromatic heterocycles. The van der Waals surface area contributed by atoms with E-state index in [1.165, 1.54) is 5.56 Å². The number of nitrogens with one attached hydrogen (secondary N) is 2. The van der Waals surface area contributed by atoms with Crippen molar-refractivity contribution in [3.8, 4) is 0 Å². The van der Waals surface area contributed by atoms with Crippen LogP contribution in [0.2, 0.25) is 0 Å². The van der Waals surface area contributed by atoms with Crippen molar-refractivity contribution in [2.75, 3.05) is 46.1 Å². The maximum Gasteiger partial charge on any atom is 0.221 e. The van der Waals surface area contributed by atoms with Crippen LogP contribution in [0.4, 0.5) is 0 Å².